The van der Waals surface area contributed by atoms with Gasteiger partial charge in [-0.25, -0.2) is 4.79 Å². The number of carbonyl (C=O) groups is 1. The van der Waals surface area contributed by atoms with E-state index in [9.17, 15) is 9.90 Å². The number of hydrogen-bond acceptors (Lipinski definition) is 6. The number of ether oxygens (including phenoxy) is 1. The van der Waals surface area contributed by atoms with Crippen molar-refractivity contribution in [2.24, 2.45) is 0 Å². The number of carbonyl (C=O) groups excluding carboxylic acids is 1. The van der Waals surface area contributed by atoms with Crippen LogP contribution in [0, 0.1) is 0 Å². The Kier molecular flexibility index (Phi) is 4.25. The summed E-state index contributed by atoms with van der Waals surface area (Å²) in [6, 6.07) is 12.9. The molecule has 3 aromatic rings. The molecule has 1 N–H and O–H groups in total. The van der Waals surface area contributed by atoms with Crippen LogP contribution in [0.25, 0.3) is 11.4 Å². The number of aromatic nitrogens is 2. The van der Waals surface area contributed by atoms with Crippen molar-refractivity contribution in [3.8, 4) is 17.1 Å². The molecule has 7 heteroatoms. The van der Waals surface area contributed by atoms with Gasteiger partial charge in [0.1, 0.15) is 5.75 Å². The summed E-state index contributed by atoms with van der Waals surface area (Å²) < 4.78 is 10.1. The minimum absolute atomic E-state index is 0.0134. The largest absolute Gasteiger partial charge is 0.508 e. The van der Waals surface area contributed by atoms with Crippen LogP contribution < -0.4 is 0 Å². The topological polar surface area (TPSA) is 85.5 Å². The zero-order valence-electron chi connectivity index (χ0n) is 11.8. The van der Waals surface area contributed by atoms with Crippen molar-refractivity contribution in [2.45, 2.75) is 6.61 Å². The molecular weight excluding hydrogens is 320 g/mol. The van der Waals surface area contributed by atoms with Crippen molar-refractivity contribution in [3.63, 3.8) is 0 Å². The standard InChI is InChI=1S/C16H11ClN2O4/c17-12-5-1-3-10(7-12)15-18-14(23-19-15)9-22-16(21)11-4-2-6-13(20)8-11/h1-8,20H,9H2. The van der Waals surface area contributed by atoms with Gasteiger partial charge < -0.3 is 14.4 Å². The van der Waals surface area contributed by atoms with E-state index in [-0.39, 0.29) is 23.8 Å². The average molecular weight is 331 g/mol. The Morgan fingerprint density at radius 2 is 2.04 bits per heavy atom. The van der Waals surface area contributed by atoms with Gasteiger partial charge in [0, 0.05) is 10.6 Å². The minimum Gasteiger partial charge on any atom is -0.508 e. The molecule has 0 spiro atoms. The van der Waals surface area contributed by atoms with Gasteiger partial charge in [0.15, 0.2) is 6.61 Å². The molecular formula is C16H11ClN2O4. The van der Waals surface area contributed by atoms with Crippen LogP contribution in [0.2, 0.25) is 5.02 Å². The lowest BCUT2D eigenvalue weighted by Gasteiger charge is -2.01. The molecule has 0 aliphatic carbocycles. The Labute approximate surface area is 136 Å². The lowest BCUT2D eigenvalue weighted by Crippen LogP contribution is -2.05. The monoisotopic (exact) mass is 330 g/mol. The summed E-state index contributed by atoms with van der Waals surface area (Å²) in [4.78, 5) is 16.0. The highest BCUT2D eigenvalue weighted by atomic mass is 35.5. The van der Waals surface area contributed by atoms with Crippen molar-refractivity contribution in [2.75, 3.05) is 0 Å². The summed E-state index contributed by atoms with van der Waals surface area (Å²) in [6.07, 6.45) is 0. The Bertz CT molecular complexity index is 847. The average Bonchev–Trinajstić information content (AvgIpc) is 3.01. The molecule has 0 aliphatic heterocycles. The summed E-state index contributed by atoms with van der Waals surface area (Å²) in [6.45, 7) is -0.165. The number of esters is 1. The first-order chi connectivity index (χ1) is 11.1. The number of phenolic OH excluding ortho intramolecular Hbond substituents is 1. The molecule has 0 radical (unpaired) electrons. The third kappa shape index (κ3) is 3.67. The number of hydrogen-bond donors (Lipinski definition) is 1. The summed E-state index contributed by atoms with van der Waals surface area (Å²) in [7, 11) is 0. The summed E-state index contributed by atoms with van der Waals surface area (Å²) >= 11 is 5.91. The highest BCUT2D eigenvalue weighted by molar-refractivity contribution is 6.30. The second-order valence-electron chi connectivity index (χ2n) is 4.65. The number of aromatic hydroxyl groups is 1. The summed E-state index contributed by atoms with van der Waals surface area (Å²) in [5, 5.41) is 13.7. The molecule has 1 heterocycles. The first kappa shape index (κ1) is 15.1. The molecule has 23 heavy (non-hydrogen) atoms. The quantitative estimate of drug-likeness (QED) is 0.737. The van der Waals surface area contributed by atoms with E-state index in [0.717, 1.165) is 0 Å². The van der Waals surface area contributed by atoms with Crippen LogP contribution in [0.15, 0.2) is 53.1 Å². The van der Waals surface area contributed by atoms with E-state index in [1.165, 1.54) is 18.2 Å². The van der Waals surface area contributed by atoms with Crippen LogP contribution in [-0.2, 0) is 11.3 Å². The maximum absolute atomic E-state index is 11.9. The maximum atomic E-state index is 11.9. The van der Waals surface area contributed by atoms with E-state index in [4.69, 9.17) is 20.9 Å². The Morgan fingerprint density at radius 1 is 1.22 bits per heavy atom. The van der Waals surface area contributed by atoms with E-state index in [1.807, 2.05) is 0 Å². The zero-order valence-corrected chi connectivity index (χ0v) is 12.5. The molecule has 0 amide bonds. The molecule has 0 bridgehead atoms. The van der Waals surface area contributed by atoms with Gasteiger partial charge in [-0.15, -0.1) is 0 Å². The van der Waals surface area contributed by atoms with Crippen molar-refractivity contribution in [1.29, 1.82) is 0 Å². The number of rotatable bonds is 4. The number of halogens is 1. The van der Waals surface area contributed by atoms with E-state index in [1.54, 1.807) is 30.3 Å². The fourth-order valence-electron chi connectivity index (χ4n) is 1.90. The van der Waals surface area contributed by atoms with Crippen molar-refractivity contribution < 1.29 is 19.2 Å². The SMILES string of the molecule is O=C(OCc1nc(-c2cccc(Cl)c2)no1)c1cccc(O)c1. The van der Waals surface area contributed by atoms with E-state index >= 15 is 0 Å². The van der Waals surface area contributed by atoms with Gasteiger partial charge in [0.05, 0.1) is 5.56 Å². The predicted octanol–water partition coefficient (Wildman–Crippen LogP) is 3.45. The maximum Gasteiger partial charge on any atom is 0.338 e. The van der Waals surface area contributed by atoms with Gasteiger partial charge in [-0.1, -0.05) is 35.0 Å². The molecule has 0 saturated carbocycles. The Balaban J connectivity index is 1.67. The fraction of sp³-hybridized carbons (Fsp3) is 0.0625. The predicted molar refractivity (Wildman–Crippen MR) is 82.0 cm³/mol. The van der Waals surface area contributed by atoms with Crippen LogP contribution in [0.3, 0.4) is 0 Å². The molecule has 0 aliphatic rings. The lowest BCUT2D eigenvalue weighted by molar-refractivity contribution is 0.0429. The molecule has 0 saturated heterocycles. The van der Waals surface area contributed by atoms with Crippen LogP contribution in [0.5, 0.6) is 5.75 Å². The van der Waals surface area contributed by atoms with Crippen LogP contribution >= 0.6 is 11.6 Å². The smallest absolute Gasteiger partial charge is 0.338 e. The van der Waals surface area contributed by atoms with E-state index in [0.29, 0.717) is 16.4 Å². The van der Waals surface area contributed by atoms with Gasteiger partial charge in [0.2, 0.25) is 5.82 Å². The lowest BCUT2D eigenvalue weighted by atomic mass is 10.2. The van der Waals surface area contributed by atoms with Crippen LogP contribution in [-0.4, -0.2) is 21.2 Å². The first-order valence-corrected chi connectivity index (χ1v) is 7.04. The Morgan fingerprint density at radius 3 is 2.83 bits per heavy atom. The van der Waals surface area contributed by atoms with Crippen molar-refractivity contribution in [3.05, 3.63) is 65.0 Å². The second kappa shape index (κ2) is 6.50. The molecule has 1 aromatic heterocycles. The normalized spacial score (nSPS) is 10.5. The van der Waals surface area contributed by atoms with Crippen LogP contribution in [0.4, 0.5) is 0 Å². The second-order valence-corrected chi connectivity index (χ2v) is 5.08. The first-order valence-electron chi connectivity index (χ1n) is 6.66. The van der Waals surface area contributed by atoms with Crippen molar-refractivity contribution in [1.82, 2.24) is 10.1 Å². The molecule has 116 valence electrons. The van der Waals surface area contributed by atoms with Crippen molar-refractivity contribution >= 4 is 17.6 Å². The summed E-state index contributed by atoms with van der Waals surface area (Å²) in [5.41, 5.74) is 0.936. The Hall–Kier alpha value is -2.86. The fourth-order valence-corrected chi connectivity index (χ4v) is 2.09. The molecule has 6 nitrogen and oxygen atoms in total. The van der Waals surface area contributed by atoms with Gasteiger partial charge in [-0.3, -0.25) is 0 Å². The molecule has 0 unspecified atom stereocenters. The highest BCUT2D eigenvalue weighted by Gasteiger charge is 2.13. The van der Waals surface area contributed by atoms with Gasteiger partial charge >= 0.3 is 5.97 Å². The van der Waals surface area contributed by atoms with Crippen LogP contribution in [0.1, 0.15) is 16.2 Å². The molecule has 0 fully saturated rings. The zero-order chi connectivity index (χ0) is 16.2. The van der Waals surface area contributed by atoms with Gasteiger partial charge in [-0.05, 0) is 30.3 Å². The molecule has 0 atom stereocenters. The number of phenols is 1. The minimum atomic E-state index is -0.594. The van der Waals surface area contributed by atoms with E-state index in [2.05, 4.69) is 10.1 Å². The highest BCUT2D eigenvalue weighted by Crippen LogP contribution is 2.20. The van der Waals surface area contributed by atoms with E-state index < -0.39 is 5.97 Å². The number of benzene rings is 2. The molecule has 3 rings (SSSR count). The summed E-state index contributed by atoms with van der Waals surface area (Å²) in [5.74, 6) is -0.0896. The van der Waals surface area contributed by atoms with Gasteiger partial charge in [-0.2, -0.15) is 4.98 Å². The molecule has 2 aromatic carbocycles. The van der Waals surface area contributed by atoms with Gasteiger partial charge in [0.25, 0.3) is 5.89 Å². The third-order valence-electron chi connectivity index (χ3n) is 2.96. The third-order valence-corrected chi connectivity index (χ3v) is 3.19. The number of nitrogens with zero attached hydrogens (tertiary/aromatic N) is 2.